The lowest BCUT2D eigenvalue weighted by Crippen LogP contribution is -2.41. The average molecular weight is 454 g/mol. The third kappa shape index (κ3) is 5.31. The smallest absolute Gasteiger partial charge is 0.289 e. The number of likely N-dealkylation sites (tertiary alicyclic amines) is 1. The first kappa shape index (κ1) is 21.1. The number of nitriles is 1. The number of piperidine rings is 1. The molecule has 3 aromatic rings. The van der Waals surface area contributed by atoms with Crippen molar-refractivity contribution in [2.24, 2.45) is 5.92 Å². The largest absolute Gasteiger partial charge is 0.459 e. The van der Waals surface area contributed by atoms with Crippen molar-refractivity contribution in [1.29, 1.82) is 5.26 Å². The van der Waals surface area contributed by atoms with Crippen molar-refractivity contribution in [2.45, 2.75) is 22.9 Å². The Morgan fingerprint density at radius 3 is 2.68 bits per heavy atom. The van der Waals surface area contributed by atoms with E-state index in [-0.39, 0.29) is 17.7 Å². The van der Waals surface area contributed by atoms with Crippen LogP contribution in [-0.2, 0) is 10.5 Å². The number of hydrogen-bond acceptors (Lipinski definition) is 8. The first-order valence-electron chi connectivity index (χ1n) is 9.71. The monoisotopic (exact) mass is 453 g/mol. The highest BCUT2D eigenvalue weighted by atomic mass is 32.2. The number of carbonyl (C=O) groups is 2. The second kappa shape index (κ2) is 9.76. The normalized spacial score (nSPS) is 14.2. The molecule has 8 nitrogen and oxygen atoms in total. The molecule has 4 rings (SSSR count). The minimum atomic E-state index is -0.167. The maximum atomic E-state index is 12.6. The van der Waals surface area contributed by atoms with Crippen LogP contribution < -0.4 is 5.32 Å². The summed E-state index contributed by atoms with van der Waals surface area (Å²) in [6.07, 6.45) is 2.67. The molecular formula is C21H19N5O3S2. The van der Waals surface area contributed by atoms with Gasteiger partial charge in [-0.3, -0.25) is 9.59 Å². The summed E-state index contributed by atoms with van der Waals surface area (Å²) in [4.78, 5) is 26.6. The number of amides is 2. The Hall–Kier alpha value is -3.16. The van der Waals surface area contributed by atoms with Crippen LogP contribution in [0.3, 0.4) is 0 Å². The van der Waals surface area contributed by atoms with Crippen LogP contribution in [0, 0.1) is 17.2 Å². The number of thioether (sulfide) groups is 1. The van der Waals surface area contributed by atoms with Crippen LogP contribution in [-0.4, -0.2) is 40.0 Å². The van der Waals surface area contributed by atoms with Crippen LogP contribution in [0.15, 0.2) is 51.4 Å². The highest BCUT2D eigenvalue weighted by Crippen LogP contribution is 2.29. The van der Waals surface area contributed by atoms with Gasteiger partial charge in [-0.05, 0) is 42.7 Å². The van der Waals surface area contributed by atoms with Gasteiger partial charge in [-0.2, -0.15) is 5.26 Å². The van der Waals surface area contributed by atoms with E-state index < -0.39 is 0 Å². The maximum Gasteiger partial charge on any atom is 0.289 e. The number of furan rings is 1. The average Bonchev–Trinajstić information content (AvgIpc) is 3.50. The number of nitrogens with zero attached hydrogens (tertiary/aromatic N) is 4. The van der Waals surface area contributed by atoms with Crippen molar-refractivity contribution in [2.75, 3.05) is 18.4 Å². The third-order valence-electron chi connectivity index (χ3n) is 4.97. The van der Waals surface area contributed by atoms with Crippen molar-refractivity contribution in [1.82, 2.24) is 15.1 Å². The predicted octanol–water partition coefficient (Wildman–Crippen LogP) is 3.79. The van der Waals surface area contributed by atoms with E-state index in [9.17, 15) is 9.59 Å². The molecular weight excluding hydrogens is 434 g/mol. The topological polar surface area (TPSA) is 112 Å². The van der Waals surface area contributed by atoms with Crippen LogP contribution in [0.1, 0.15) is 34.5 Å². The Kier molecular flexibility index (Phi) is 6.64. The summed E-state index contributed by atoms with van der Waals surface area (Å²) >= 11 is 2.87. The van der Waals surface area contributed by atoms with E-state index in [0.29, 0.717) is 48.1 Å². The van der Waals surface area contributed by atoms with Gasteiger partial charge >= 0.3 is 0 Å². The third-order valence-corrected chi connectivity index (χ3v) is 7.01. The summed E-state index contributed by atoms with van der Waals surface area (Å²) in [6.45, 7) is 1.03. The van der Waals surface area contributed by atoms with Crippen molar-refractivity contribution in [3.8, 4) is 6.07 Å². The van der Waals surface area contributed by atoms with Gasteiger partial charge in [-0.1, -0.05) is 35.2 Å². The molecule has 1 aliphatic rings. The van der Waals surface area contributed by atoms with Gasteiger partial charge in [0.15, 0.2) is 10.1 Å². The van der Waals surface area contributed by atoms with E-state index in [1.54, 1.807) is 29.2 Å². The first-order valence-corrected chi connectivity index (χ1v) is 11.5. The molecule has 1 N–H and O–H groups in total. The lowest BCUT2D eigenvalue weighted by atomic mass is 9.96. The van der Waals surface area contributed by atoms with Crippen LogP contribution in [0.2, 0.25) is 0 Å². The number of anilines is 1. The Labute approximate surface area is 187 Å². The Morgan fingerprint density at radius 1 is 1.23 bits per heavy atom. The molecule has 0 radical (unpaired) electrons. The molecule has 1 saturated heterocycles. The Morgan fingerprint density at radius 2 is 2.00 bits per heavy atom. The van der Waals surface area contributed by atoms with Crippen LogP contribution >= 0.6 is 23.1 Å². The van der Waals surface area contributed by atoms with Crippen molar-refractivity contribution < 1.29 is 14.0 Å². The Balaban J connectivity index is 1.24. The number of carbonyl (C=O) groups excluding carboxylic acids is 2. The molecule has 0 spiro atoms. The Bertz CT molecular complexity index is 1080. The van der Waals surface area contributed by atoms with Crippen molar-refractivity contribution in [3.63, 3.8) is 0 Å². The first-order chi connectivity index (χ1) is 15.1. The van der Waals surface area contributed by atoms with Crippen LogP contribution in [0.4, 0.5) is 5.13 Å². The van der Waals surface area contributed by atoms with E-state index >= 15 is 0 Å². The SMILES string of the molecule is N#Cc1ccc(CSc2nnc(NC(=O)C3CCN(C(=O)c4ccco4)CC3)s2)cc1. The van der Waals surface area contributed by atoms with Gasteiger partial charge in [0, 0.05) is 24.8 Å². The number of rotatable bonds is 6. The molecule has 10 heteroatoms. The molecule has 2 aromatic heterocycles. The second-order valence-corrected chi connectivity index (χ2v) is 9.20. The van der Waals surface area contributed by atoms with Gasteiger partial charge in [0.05, 0.1) is 17.9 Å². The lowest BCUT2D eigenvalue weighted by molar-refractivity contribution is -0.121. The second-order valence-electron chi connectivity index (χ2n) is 7.00. The van der Waals surface area contributed by atoms with E-state index in [4.69, 9.17) is 9.68 Å². The fourth-order valence-electron chi connectivity index (χ4n) is 3.25. The van der Waals surface area contributed by atoms with E-state index in [1.165, 1.54) is 29.4 Å². The zero-order chi connectivity index (χ0) is 21.6. The minimum absolute atomic E-state index is 0.0927. The molecule has 1 aliphatic heterocycles. The molecule has 0 aliphatic carbocycles. The van der Waals surface area contributed by atoms with Gasteiger partial charge < -0.3 is 14.6 Å². The van der Waals surface area contributed by atoms with Crippen molar-refractivity contribution in [3.05, 3.63) is 59.5 Å². The van der Waals surface area contributed by atoms with Gasteiger partial charge in [0.1, 0.15) is 0 Å². The molecule has 0 unspecified atom stereocenters. The number of hydrogen-bond donors (Lipinski definition) is 1. The van der Waals surface area contributed by atoms with E-state index in [1.807, 2.05) is 12.1 Å². The molecule has 158 valence electrons. The molecule has 3 heterocycles. The fraction of sp³-hybridized carbons (Fsp3) is 0.286. The summed E-state index contributed by atoms with van der Waals surface area (Å²) in [5, 5.41) is 20.4. The number of nitrogens with one attached hydrogen (secondary N) is 1. The summed E-state index contributed by atoms with van der Waals surface area (Å²) in [5.74, 6) is 0.625. The van der Waals surface area contributed by atoms with Crippen LogP contribution in [0.25, 0.3) is 0 Å². The van der Waals surface area contributed by atoms with Crippen molar-refractivity contribution >= 4 is 40.0 Å². The summed E-state index contributed by atoms with van der Waals surface area (Å²) < 4.78 is 5.93. The molecule has 0 atom stereocenters. The summed E-state index contributed by atoms with van der Waals surface area (Å²) in [5.41, 5.74) is 1.71. The van der Waals surface area contributed by atoms with Gasteiger partial charge in [-0.15, -0.1) is 10.2 Å². The van der Waals surface area contributed by atoms with E-state index in [2.05, 4.69) is 21.6 Å². The van der Waals surface area contributed by atoms with Crippen LogP contribution in [0.5, 0.6) is 0 Å². The molecule has 2 amide bonds. The molecule has 0 saturated carbocycles. The van der Waals surface area contributed by atoms with Gasteiger partial charge in [0.2, 0.25) is 11.0 Å². The molecule has 1 fully saturated rings. The maximum absolute atomic E-state index is 12.6. The standard InChI is InChI=1S/C21H19N5O3S2/c22-12-14-3-5-15(6-4-14)13-30-21-25-24-20(31-21)23-18(27)16-7-9-26(10-8-16)19(28)17-2-1-11-29-17/h1-6,11,16H,7-10,13H2,(H,23,24,27). The fourth-order valence-corrected chi connectivity index (χ4v) is 4.96. The predicted molar refractivity (Wildman–Crippen MR) is 117 cm³/mol. The minimum Gasteiger partial charge on any atom is -0.459 e. The van der Waals surface area contributed by atoms with Gasteiger partial charge in [-0.25, -0.2) is 0 Å². The number of aromatic nitrogens is 2. The summed E-state index contributed by atoms with van der Waals surface area (Å²) in [7, 11) is 0. The quantitative estimate of drug-likeness (QED) is 0.446. The van der Waals surface area contributed by atoms with Gasteiger partial charge in [0.25, 0.3) is 5.91 Å². The highest BCUT2D eigenvalue weighted by molar-refractivity contribution is 8.00. The zero-order valence-electron chi connectivity index (χ0n) is 16.5. The zero-order valence-corrected chi connectivity index (χ0v) is 18.1. The van der Waals surface area contributed by atoms with E-state index in [0.717, 1.165) is 9.90 Å². The molecule has 31 heavy (non-hydrogen) atoms. The lowest BCUT2D eigenvalue weighted by Gasteiger charge is -2.30. The number of benzene rings is 1. The molecule has 1 aromatic carbocycles. The highest BCUT2D eigenvalue weighted by Gasteiger charge is 2.29. The molecule has 0 bridgehead atoms. The summed E-state index contributed by atoms with van der Waals surface area (Å²) in [6, 6.07) is 12.8.